The van der Waals surface area contributed by atoms with Gasteiger partial charge in [-0.3, -0.25) is 4.79 Å². The van der Waals surface area contributed by atoms with Gasteiger partial charge in [-0.15, -0.1) is 0 Å². The van der Waals surface area contributed by atoms with E-state index in [1.165, 1.54) is 5.56 Å². The molecule has 3 aromatic rings. The Balaban J connectivity index is 2.02. The Kier molecular flexibility index (Phi) is 6.91. The van der Waals surface area contributed by atoms with Gasteiger partial charge in [0.2, 0.25) is 5.91 Å². The van der Waals surface area contributed by atoms with Crippen LogP contribution in [0, 0.1) is 5.92 Å². The van der Waals surface area contributed by atoms with E-state index in [1.807, 2.05) is 36.4 Å². The number of anilines is 1. The lowest BCUT2D eigenvalue weighted by Crippen LogP contribution is -2.36. The predicted molar refractivity (Wildman–Crippen MR) is 127 cm³/mol. The highest BCUT2D eigenvalue weighted by Crippen LogP contribution is 2.39. The number of H-pyrrole nitrogens is 1. The van der Waals surface area contributed by atoms with Crippen LogP contribution in [0.5, 0.6) is 11.5 Å². The third kappa shape index (κ3) is 4.85. The molecule has 0 aliphatic rings. The first-order valence-corrected chi connectivity index (χ1v) is 10.7. The van der Waals surface area contributed by atoms with Gasteiger partial charge in [-0.2, -0.15) is 0 Å². The summed E-state index contributed by atoms with van der Waals surface area (Å²) in [4.78, 5) is 16.0. The second-order valence-corrected chi connectivity index (χ2v) is 8.62. The van der Waals surface area contributed by atoms with Crippen molar-refractivity contribution in [3.05, 3.63) is 42.0 Å². The molecule has 0 bridgehead atoms. The number of aromatic nitrogens is 1. The van der Waals surface area contributed by atoms with Crippen molar-refractivity contribution in [3.8, 4) is 22.8 Å². The maximum atomic E-state index is 12.5. The Morgan fingerprint density at radius 1 is 1.03 bits per heavy atom. The van der Waals surface area contributed by atoms with Crippen molar-refractivity contribution in [2.45, 2.75) is 46.1 Å². The third-order valence-electron chi connectivity index (χ3n) is 5.42. The maximum absolute atomic E-state index is 12.5. The Labute approximate surface area is 184 Å². The normalized spacial score (nSPS) is 12.4. The first kappa shape index (κ1) is 22.7. The zero-order valence-electron chi connectivity index (χ0n) is 19.2. The molecule has 0 saturated heterocycles. The van der Waals surface area contributed by atoms with Gasteiger partial charge in [-0.1, -0.05) is 27.7 Å². The van der Waals surface area contributed by atoms with Crippen molar-refractivity contribution in [1.29, 1.82) is 0 Å². The molecule has 3 rings (SSSR count). The van der Waals surface area contributed by atoms with Crippen LogP contribution in [-0.4, -0.2) is 31.2 Å². The Morgan fingerprint density at radius 3 is 2.35 bits per heavy atom. The summed E-state index contributed by atoms with van der Waals surface area (Å²) in [5, 5.41) is 4.05. The smallest absolute Gasteiger partial charge is 0.241 e. The average Bonchev–Trinajstić information content (AvgIpc) is 3.11. The number of nitrogens with one attached hydrogen (secondary N) is 2. The number of rotatable bonds is 8. The van der Waals surface area contributed by atoms with Gasteiger partial charge in [0.1, 0.15) is 0 Å². The molecule has 166 valence electrons. The molecule has 4 N–H and O–H groups in total. The summed E-state index contributed by atoms with van der Waals surface area (Å²) in [6.45, 7) is 8.44. The Bertz CT molecular complexity index is 1070. The third-order valence-corrected chi connectivity index (χ3v) is 5.42. The first-order chi connectivity index (χ1) is 14.7. The number of aromatic amines is 1. The van der Waals surface area contributed by atoms with Crippen molar-refractivity contribution >= 4 is 22.5 Å². The molecule has 6 nitrogen and oxygen atoms in total. The topological polar surface area (TPSA) is 89.4 Å². The van der Waals surface area contributed by atoms with Crippen LogP contribution in [0.4, 0.5) is 5.69 Å². The average molecular weight is 424 g/mol. The minimum atomic E-state index is -0.520. The Hall–Kier alpha value is -2.99. The number of hydrogen-bond donors (Lipinski definition) is 3. The summed E-state index contributed by atoms with van der Waals surface area (Å²) in [5.74, 6) is 1.85. The largest absolute Gasteiger partial charge is 0.493 e. The van der Waals surface area contributed by atoms with Crippen LogP contribution >= 0.6 is 0 Å². The molecule has 2 aromatic carbocycles. The van der Waals surface area contributed by atoms with Crippen LogP contribution in [0.2, 0.25) is 0 Å². The summed E-state index contributed by atoms with van der Waals surface area (Å²) in [6, 6.07) is 11.3. The van der Waals surface area contributed by atoms with Gasteiger partial charge in [0.05, 0.1) is 26.0 Å². The number of amides is 1. The number of benzene rings is 2. The minimum absolute atomic E-state index is 0.158. The minimum Gasteiger partial charge on any atom is -0.493 e. The molecule has 0 radical (unpaired) electrons. The Morgan fingerprint density at radius 2 is 1.74 bits per heavy atom. The van der Waals surface area contributed by atoms with Gasteiger partial charge in [-0.05, 0) is 60.2 Å². The summed E-state index contributed by atoms with van der Waals surface area (Å²) < 4.78 is 10.9. The highest BCUT2D eigenvalue weighted by atomic mass is 16.5. The van der Waals surface area contributed by atoms with Crippen LogP contribution in [0.15, 0.2) is 36.4 Å². The van der Waals surface area contributed by atoms with Gasteiger partial charge in [0.25, 0.3) is 0 Å². The van der Waals surface area contributed by atoms with Crippen LogP contribution in [0.25, 0.3) is 22.2 Å². The van der Waals surface area contributed by atoms with Crippen molar-refractivity contribution in [2.75, 3.05) is 19.5 Å². The number of nitrogens with two attached hydrogens (primary N) is 1. The lowest BCUT2D eigenvalue weighted by Gasteiger charge is -2.14. The number of ether oxygens (including phenoxy) is 2. The number of methoxy groups -OCH3 is 2. The highest BCUT2D eigenvalue weighted by molar-refractivity contribution is 5.99. The van der Waals surface area contributed by atoms with Gasteiger partial charge < -0.3 is 25.5 Å². The van der Waals surface area contributed by atoms with E-state index in [0.29, 0.717) is 23.8 Å². The van der Waals surface area contributed by atoms with Crippen LogP contribution in [-0.2, 0) is 4.79 Å². The molecule has 0 aliphatic carbocycles. The van der Waals surface area contributed by atoms with E-state index in [9.17, 15) is 4.79 Å². The van der Waals surface area contributed by atoms with Crippen molar-refractivity contribution in [2.24, 2.45) is 11.7 Å². The fraction of sp³-hybridized carbons (Fsp3) is 0.400. The molecule has 1 atom stereocenters. The monoisotopic (exact) mass is 423 g/mol. The predicted octanol–water partition coefficient (Wildman–Crippen LogP) is 5.29. The van der Waals surface area contributed by atoms with Crippen LogP contribution in [0.3, 0.4) is 0 Å². The molecule has 1 aromatic heterocycles. The van der Waals surface area contributed by atoms with E-state index < -0.39 is 6.04 Å². The summed E-state index contributed by atoms with van der Waals surface area (Å²) in [7, 11) is 3.26. The lowest BCUT2D eigenvalue weighted by molar-refractivity contribution is -0.117. The molecule has 0 fully saturated rings. The van der Waals surface area contributed by atoms with E-state index >= 15 is 0 Å². The van der Waals surface area contributed by atoms with Gasteiger partial charge in [0.15, 0.2) is 11.5 Å². The molecule has 0 aliphatic heterocycles. The maximum Gasteiger partial charge on any atom is 0.241 e. The van der Waals surface area contributed by atoms with Crippen molar-refractivity contribution < 1.29 is 14.3 Å². The molecule has 0 saturated carbocycles. The molecule has 1 amide bonds. The standard InChI is InChI=1S/C25H33N3O3/c1-14(2)11-19(26)25(29)27-17-8-9-20-18(13-17)23(15(3)4)24(28-20)16-7-10-21(30-5)22(12-16)31-6/h7-10,12-15,19,28H,11,26H2,1-6H3,(H,27,29). The molecule has 6 heteroatoms. The molecule has 31 heavy (non-hydrogen) atoms. The van der Waals surface area contributed by atoms with Crippen LogP contribution in [0.1, 0.15) is 45.6 Å². The van der Waals surface area contributed by atoms with E-state index in [2.05, 4.69) is 38.0 Å². The molecule has 0 spiro atoms. The first-order valence-electron chi connectivity index (χ1n) is 10.7. The van der Waals surface area contributed by atoms with Gasteiger partial charge in [-0.25, -0.2) is 0 Å². The second-order valence-electron chi connectivity index (χ2n) is 8.62. The molecular formula is C25H33N3O3. The zero-order valence-corrected chi connectivity index (χ0v) is 19.2. The summed E-state index contributed by atoms with van der Waals surface area (Å²) >= 11 is 0. The molecular weight excluding hydrogens is 390 g/mol. The quantitative estimate of drug-likeness (QED) is 0.459. The van der Waals surface area contributed by atoms with Gasteiger partial charge in [0, 0.05) is 22.2 Å². The zero-order chi connectivity index (χ0) is 22.7. The fourth-order valence-corrected chi connectivity index (χ4v) is 3.96. The molecule has 1 unspecified atom stereocenters. The van der Waals surface area contributed by atoms with E-state index in [1.54, 1.807) is 14.2 Å². The van der Waals surface area contributed by atoms with Crippen LogP contribution < -0.4 is 20.5 Å². The molecule has 1 heterocycles. The second kappa shape index (κ2) is 9.43. The number of carbonyl (C=O) groups excluding carboxylic acids is 1. The number of hydrogen-bond acceptors (Lipinski definition) is 4. The van der Waals surface area contributed by atoms with Gasteiger partial charge >= 0.3 is 0 Å². The summed E-state index contributed by atoms with van der Waals surface area (Å²) in [5.41, 5.74) is 11.0. The number of fused-ring (bicyclic) bond motifs is 1. The number of carbonyl (C=O) groups is 1. The SMILES string of the molecule is COc1ccc(-c2[nH]c3ccc(NC(=O)C(N)CC(C)C)cc3c2C(C)C)cc1OC. The van der Waals surface area contributed by atoms with E-state index in [0.717, 1.165) is 27.8 Å². The summed E-state index contributed by atoms with van der Waals surface area (Å²) in [6.07, 6.45) is 0.652. The van der Waals surface area contributed by atoms with Crippen molar-refractivity contribution in [3.63, 3.8) is 0 Å². The van der Waals surface area contributed by atoms with Crippen molar-refractivity contribution in [1.82, 2.24) is 4.98 Å². The lowest BCUT2D eigenvalue weighted by atomic mass is 9.95. The van der Waals surface area contributed by atoms with E-state index in [-0.39, 0.29) is 11.8 Å². The fourth-order valence-electron chi connectivity index (χ4n) is 3.96. The van der Waals surface area contributed by atoms with E-state index in [4.69, 9.17) is 15.2 Å². The highest BCUT2D eigenvalue weighted by Gasteiger charge is 2.19.